The lowest BCUT2D eigenvalue weighted by molar-refractivity contribution is 0.0846. The second-order valence-corrected chi connectivity index (χ2v) is 6.72. The quantitative estimate of drug-likeness (QED) is 0.673. The predicted octanol–water partition coefficient (Wildman–Crippen LogP) is 2.53. The van der Waals surface area contributed by atoms with Gasteiger partial charge in [0.2, 0.25) is 0 Å². The van der Waals surface area contributed by atoms with Gasteiger partial charge in [0.15, 0.2) is 0 Å². The molecule has 0 saturated heterocycles. The smallest absolute Gasteiger partial charge is 0.266 e. The van der Waals surface area contributed by atoms with Crippen LogP contribution in [-0.2, 0) is 0 Å². The van der Waals surface area contributed by atoms with Crippen LogP contribution in [-0.4, -0.2) is 21.8 Å². The van der Waals surface area contributed by atoms with E-state index in [0.29, 0.717) is 15.9 Å². The number of aromatic nitrogens is 2. The van der Waals surface area contributed by atoms with E-state index in [1.54, 1.807) is 24.3 Å². The molecule has 0 aliphatic carbocycles. The Labute approximate surface area is 137 Å². The number of hydrogen-bond acceptors (Lipinski definition) is 5. The Bertz CT molecular complexity index is 865. The number of nitrogens with one attached hydrogen (secondary N) is 2. The molecular weight excluding hydrogens is 368 g/mol. The van der Waals surface area contributed by atoms with E-state index in [2.05, 4.69) is 36.7 Å². The van der Waals surface area contributed by atoms with Crippen molar-refractivity contribution in [3.63, 3.8) is 0 Å². The Balaban J connectivity index is 1.69. The third kappa shape index (κ3) is 3.12. The first-order valence-electron chi connectivity index (χ1n) is 6.21. The molecule has 6 nitrogen and oxygen atoms in total. The molecule has 0 atom stereocenters. The minimum Gasteiger partial charge on any atom is -0.266 e. The maximum Gasteiger partial charge on any atom is 0.289 e. The monoisotopic (exact) mass is 376 g/mol. The molecule has 2 amide bonds. The topological polar surface area (TPSA) is 84.0 Å². The van der Waals surface area contributed by atoms with Crippen molar-refractivity contribution >= 4 is 50.1 Å². The predicted molar refractivity (Wildman–Crippen MR) is 86.5 cm³/mol. The summed E-state index contributed by atoms with van der Waals surface area (Å²) in [5.41, 5.74) is 6.11. The highest BCUT2D eigenvalue weighted by atomic mass is 79.9. The molecule has 0 bridgehead atoms. The molecule has 1 aromatic carbocycles. The van der Waals surface area contributed by atoms with Crippen LogP contribution in [0.4, 0.5) is 0 Å². The van der Waals surface area contributed by atoms with Gasteiger partial charge in [0, 0.05) is 0 Å². The van der Waals surface area contributed by atoms with E-state index in [1.165, 1.54) is 17.5 Å². The minimum absolute atomic E-state index is 0.131. The molecule has 2 aromatic heterocycles. The lowest BCUT2D eigenvalue weighted by atomic mass is 10.3. The molecule has 110 valence electrons. The highest BCUT2D eigenvalue weighted by Gasteiger charge is 2.12. The first kappa shape index (κ1) is 14.6. The van der Waals surface area contributed by atoms with E-state index in [4.69, 9.17) is 0 Å². The highest BCUT2D eigenvalue weighted by molar-refractivity contribution is 9.11. The summed E-state index contributed by atoms with van der Waals surface area (Å²) < 4.78 is 0.837. The summed E-state index contributed by atoms with van der Waals surface area (Å²) >= 11 is 4.54. The number of nitrogens with zero attached hydrogens (tertiary/aromatic N) is 2. The number of fused-ring (bicyclic) bond motifs is 1. The standard InChI is InChI=1S/C14H9BrN4O2S/c15-12-6-5-11(22-12)14(21)19-18-13(20)10-7-16-8-3-1-2-4-9(8)17-10/h1-7H,(H,18,20)(H,19,21). The van der Waals surface area contributed by atoms with Crippen LogP contribution in [0.1, 0.15) is 20.2 Å². The summed E-state index contributed by atoms with van der Waals surface area (Å²) in [5.74, 6) is -0.917. The van der Waals surface area contributed by atoms with Crippen molar-refractivity contribution < 1.29 is 9.59 Å². The van der Waals surface area contributed by atoms with Crippen LogP contribution < -0.4 is 10.9 Å². The molecular formula is C14H9BrN4O2S. The molecule has 0 aliphatic heterocycles. The van der Waals surface area contributed by atoms with Gasteiger partial charge in [-0.15, -0.1) is 11.3 Å². The number of thiophene rings is 1. The number of amides is 2. The molecule has 0 aliphatic rings. The third-order valence-corrected chi connectivity index (χ3v) is 4.39. The Morgan fingerprint density at radius 1 is 1.00 bits per heavy atom. The third-order valence-electron chi connectivity index (χ3n) is 2.77. The molecule has 22 heavy (non-hydrogen) atoms. The van der Waals surface area contributed by atoms with Crippen molar-refractivity contribution in [2.45, 2.75) is 0 Å². The number of rotatable bonds is 2. The zero-order valence-corrected chi connectivity index (χ0v) is 13.4. The fraction of sp³-hybridized carbons (Fsp3) is 0. The number of para-hydroxylation sites is 2. The SMILES string of the molecule is O=C(NNC(=O)c1ccc(Br)s1)c1cnc2ccccc2n1. The summed E-state index contributed by atoms with van der Waals surface area (Å²) in [6, 6.07) is 10.6. The van der Waals surface area contributed by atoms with E-state index in [9.17, 15) is 9.59 Å². The number of benzene rings is 1. The van der Waals surface area contributed by atoms with Gasteiger partial charge in [0.1, 0.15) is 5.69 Å². The van der Waals surface area contributed by atoms with Crippen LogP contribution in [0.15, 0.2) is 46.4 Å². The molecule has 0 fully saturated rings. The van der Waals surface area contributed by atoms with Gasteiger partial charge >= 0.3 is 0 Å². The van der Waals surface area contributed by atoms with Crippen molar-refractivity contribution in [3.8, 4) is 0 Å². The Morgan fingerprint density at radius 2 is 1.73 bits per heavy atom. The van der Waals surface area contributed by atoms with E-state index >= 15 is 0 Å². The maximum atomic E-state index is 12.0. The molecule has 0 saturated carbocycles. The lowest BCUT2D eigenvalue weighted by Crippen LogP contribution is -2.41. The molecule has 3 rings (SSSR count). The van der Waals surface area contributed by atoms with Crippen LogP contribution >= 0.6 is 27.3 Å². The Morgan fingerprint density at radius 3 is 2.45 bits per heavy atom. The van der Waals surface area contributed by atoms with Crippen LogP contribution in [0.2, 0.25) is 0 Å². The molecule has 0 spiro atoms. The van der Waals surface area contributed by atoms with Crippen LogP contribution in [0.3, 0.4) is 0 Å². The molecule has 2 N–H and O–H groups in total. The number of carbonyl (C=O) groups excluding carboxylic acids is 2. The molecule has 3 aromatic rings. The fourth-order valence-corrected chi connectivity index (χ4v) is 3.02. The van der Waals surface area contributed by atoms with Crippen molar-refractivity contribution in [1.29, 1.82) is 0 Å². The first-order chi connectivity index (χ1) is 10.6. The summed E-state index contributed by atoms with van der Waals surface area (Å²) in [6.07, 6.45) is 1.37. The minimum atomic E-state index is -0.526. The second-order valence-electron chi connectivity index (χ2n) is 4.26. The van der Waals surface area contributed by atoms with Gasteiger partial charge in [0.25, 0.3) is 11.8 Å². The average Bonchev–Trinajstić information content (AvgIpc) is 2.98. The zero-order chi connectivity index (χ0) is 15.5. The van der Waals surface area contributed by atoms with Crippen LogP contribution in [0.25, 0.3) is 11.0 Å². The molecule has 2 heterocycles. The first-order valence-corrected chi connectivity index (χ1v) is 7.82. The normalized spacial score (nSPS) is 10.4. The van der Waals surface area contributed by atoms with Crippen molar-refractivity contribution in [2.75, 3.05) is 0 Å². The average molecular weight is 377 g/mol. The van der Waals surface area contributed by atoms with Crippen molar-refractivity contribution in [3.05, 3.63) is 57.0 Å². The molecule has 8 heteroatoms. The van der Waals surface area contributed by atoms with Crippen LogP contribution in [0.5, 0.6) is 0 Å². The Kier molecular flexibility index (Phi) is 4.12. The van der Waals surface area contributed by atoms with Gasteiger partial charge in [-0.2, -0.15) is 0 Å². The van der Waals surface area contributed by atoms with E-state index in [-0.39, 0.29) is 5.69 Å². The van der Waals surface area contributed by atoms with E-state index in [0.717, 1.165) is 3.79 Å². The summed E-state index contributed by atoms with van der Waals surface area (Å²) in [6.45, 7) is 0. The van der Waals surface area contributed by atoms with Gasteiger partial charge in [-0.25, -0.2) is 4.98 Å². The van der Waals surface area contributed by atoms with Gasteiger partial charge in [-0.05, 0) is 40.2 Å². The van der Waals surface area contributed by atoms with Gasteiger partial charge in [0.05, 0.1) is 25.9 Å². The summed E-state index contributed by atoms with van der Waals surface area (Å²) in [7, 11) is 0. The van der Waals surface area contributed by atoms with E-state index < -0.39 is 11.8 Å². The maximum absolute atomic E-state index is 12.0. The van der Waals surface area contributed by atoms with Crippen molar-refractivity contribution in [2.24, 2.45) is 0 Å². The number of carbonyl (C=O) groups is 2. The van der Waals surface area contributed by atoms with Crippen LogP contribution in [0, 0.1) is 0 Å². The Hall–Kier alpha value is -2.32. The summed E-state index contributed by atoms with van der Waals surface area (Å²) in [4.78, 5) is 32.7. The number of hydrogen-bond donors (Lipinski definition) is 2. The second kappa shape index (κ2) is 6.20. The summed E-state index contributed by atoms with van der Waals surface area (Å²) in [5, 5.41) is 0. The fourth-order valence-electron chi connectivity index (χ4n) is 1.74. The van der Waals surface area contributed by atoms with Gasteiger partial charge < -0.3 is 0 Å². The zero-order valence-electron chi connectivity index (χ0n) is 11.0. The largest absolute Gasteiger partial charge is 0.289 e. The van der Waals surface area contributed by atoms with Crippen molar-refractivity contribution in [1.82, 2.24) is 20.8 Å². The highest BCUT2D eigenvalue weighted by Crippen LogP contribution is 2.21. The lowest BCUT2D eigenvalue weighted by Gasteiger charge is -2.06. The van der Waals surface area contributed by atoms with E-state index in [1.807, 2.05) is 12.1 Å². The van der Waals surface area contributed by atoms with Gasteiger partial charge in [-0.3, -0.25) is 25.4 Å². The molecule has 0 radical (unpaired) electrons. The van der Waals surface area contributed by atoms with Gasteiger partial charge in [-0.1, -0.05) is 12.1 Å². The number of halogens is 1. The number of hydrazine groups is 1. The molecule has 0 unspecified atom stereocenters.